The normalized spacial score (nSPS) is 15.5. The number of aliphatic hydroxyl groups excluding tert-OH is 1. The Morgan fingerprint density at radius 3 is 2.21 bits per heavy atom. The van der Waals surface area contributed by atoms with Gasteiger partial charge in [-0.3, -0.25) is 14.4 Å². The predicted octanol–water partition coefficient (Wildman–Crippen LogP) is 6.31. The summed E-state index contributed by atoms with van der Waals surface area (Å²) in [4.78, 5) is 42.0. The Hall–Kier alpha value is -6.09. The fourth-order valence-corrected chi connectivity index (χ4v) is 7.99. The number of carbonyl (C=O) groups excluding carboxylic acids is 3. The number of hydrogen-bond acceptors (Lipinski definition) is 12. The fourth-order valence-electron chi connectivity index (χ4n) is 6.83. The molecule has 63 heavy (non-hydrogen) atoms. The van der Waals surface area contributed by atoms with Crippen LogP contribution in [0.4, 0.5) is 4.39 Å². The minimum absolute atomic E-state index is 0.0444. The molecule has 1 aromatic heterocycles. The van der Waals surface area contributed by atoms with Gasteiger partial charge in [0.15, 0.2) is 5.75 Å². The first-order valence-corrected chi connectivity index (χ1v) is 21.3. The maximum atomic E-state index is 13.8. The Morgan fingerprint density at radius 1 is 0.889 bits per heavy atom. The van der Waals surface area contributed by atoms with Crippen LogP contribution in [-0.2, 0) is 35.1 Å². The number of hydrogen-bond donors (Lipinski definition) is 4. The third-order valence-corrected chi connectivity index (χ3v) is 11.3. The number of phenolic OH excluding ortho intramolecular Hbond substituents is 1. The standard InChI is InChI=1S/C47H51FN4O10S/c1-47(2,3)44(46(57)52-28-35(54)24-39(52)45(56)50-27-31-6-4-30(26-49)5-7-31)51-41(55)29-60-21-20-58-18-19-59-22-23-61-36-13-15-37(16-14-36)62-42-38-17-12-34(53)25-40(38)63-43(42)32-8-10-33(48)11-9-32/h4-17,25,35,39,44,53-54H,18-24,27-29H2,1-3H3,(H,50,56)(H,51,55)/t35-,39+,44-/m1/s1. The summed E-state index contributed by atoms with van der Waals surface area (Å²) in [6, 6.07) is 25.3. The molecule has 332 valence electrons. The molecule has 4 N–H and O–H groups in total. The van der Waals surface area contributed by atoms with E-state index in [9.17, 15) is 29.0 Å². The molecule has 16 heteroatoms. The first-order valence-electron chi connectivity index (χ1n) is 20.5. The maximum Gasteiger partial charge on any atom is 0.246 e. The quantitative estimate of drug-likeness (QED) is 0.0641. The summed E-state index contributed by atoms with van der Waals surface area (Å²) in [5.41, 5.74) is 1.36. The molecule has 0 radical (unpaired) electrons. The van der Waals surface area contributed by atoms with E-state index in [1.165, 1.54) is 28.4 Å². The number of fused-ring (bicyclic) bond motifs is 1. The van der Waals surface area contributed by atoms with Gasteiger partial charge >= 0.3 is 0 Å². The zero-order valence-electron chi connectivity index (χ0n) is 35.3. The van der Waals surface area contributed by atoms with Crippen LogP contribution in [0, 0.1) is 22.6 Å². The van der Waals surface area contributed by atoms with E-state index < -0.39 is 41.3 Å². The molecule has 3 atom stereocenters. The number of likely N-dealkylation sites (tertiary alicyclic amines) is 1. The van der Waals surface area contributed by atoms with Crippen LogP contribution < -0.4 is 20.1 Å². The van der Waals surface area contributed by atoms with Crippen molar-refractivity contribution in [2.75, 3.05) is 52.8 Å². The number of aromatic hydroxyl groups is 1. The lowest BCUT2D eigenvalue weighted by molar-refractivity contribution is -0.144. The molecule has 0 unspecified atom stereocenters. The number of halogens is 1. The first-order chi connectivity index (χ1) is 30.3. The number of aliphatic hydroxyl groups is 1. The number of benzene rings is 4. The number of phenols is 1. The number of thiophene rings is 1. The monoisotopic (exact) mass is 882 g/mol. The number of nitriles is 1. The van der Waals surface area contributed by atoms with Crippen LogP contribution >= 0.6 is 11.3 Å². The number of amides is 3. The Labute approximate surface area is 369 Å². The highest BCUT2D eigenvalue weighted by atomic mass is 32.1. The van der Waals surface area contributed by atoms with Crippen LogP contribution in [0.1, 0.15) is 38.3 Å². The molecule has 6 rings (SSSR count). The second kappa shape index (κ2) is 21.8. The second-order valence-electron chi connectivity index (χ2n) is 15.9. The van der Waals surface area contributed by atoms with E-state index in [4.69, 9.17) is 28.9 Å². The van der Waals surface area contributed by atoms with Gasteiger partial charge in [0, 0.05) is 29.6 Å². The van der Waals surface area contributed by atoms with E-state index in [2.05, 4.69) is 10.6 Å². The molecule has 5 aromatic rings. The maximum absolute atomic E-state index is 13.8. The molecule has 1 aliphatic heterocycles. The minimum atomic E-state index is -0.989. The van der Waals surface area contributed by atoms with Crippen molar-refractivity contribution in [2.45, 2.75) is 51.9 Å². The van der Waals surface area contributed by atoms with Crippen molar-refractivity contribution >= 4 is 39.1 Å². The van der Waals surface area contributed by atoms with Crippen molar-refractivity contribution in [1.29, 1.82) is 5.26 Å². The SMILES string of the molecule is CC(C)(C)[C@H](NC(=O)COCCOCCOCCOc1ccc(Oc2c(-c3ccc(F)cc3)sc3cc(O)ccc23)cc1)C(=O)N1C[C@H](O)C[C@H]1C(=O)NCc1ccc(C#N)cc1. The Bertz CT molecular complexity index is 2360. The van der Waals surface area contributed by atoms with Crippen LogP contribution in [0.5, 0.6) is 23.0 Å². The van der Waals surface area contributed by atoms with E-state index in [0.717, 1.165) is 26.1 Å². The van der Waals surface area contributed by atoms with Gasteiger partial charge in [0.25, 0.3) is 0 Å². The molecule has 0 bridgehead atoms. The number of ether oxygens (including phenoxy) is 5. The zero-order valence-corrected chi connectivity index (χ0v) is 36.1. The molecule has 0 saturated carbocycles. The molecule has 0 aliphatic carbocycles. The Balaban J connectivity index is 0.854. The summed E-state index contributed by atoms with van der Waals surface area (Å²) in [7, 11) is 0. The summed E-state index contributed by atoms with van der Waals surface area (Å²) < 4.78 is 43.3. The van der Waals surface area contributed by atoms with Gasteiger partial charge in [-0.05, 0) is 83.3 Å². The van der Waals surface area contributed by atoms with Gasteiger partial charge < -0.3 is 49.4 Å². The van der Waals surface area contributed by atoms with E-state index in [0.29, 0.717) is 49.2 Å². The van der Waals surface area contributed by atoms with Crippen molar-refractivity contribution in [3.63, 3.8) is 0 Å². The van der Waals surface area contributed by atoms with Crippen LogP contribution in [0.25, 0.3) is 20.5 Å². The molecular weight excluding hydrogens is 832 g/mol. The lowest BCUT2D eigenvalue weighted by atomic mass is 9.85. The van der Waals surface area contributed by atoms with Crippen molar-refractivity contribution in [1.82, 2.24) is 15.5 Å². The van der Waals surface area contributed by atoms with Crippen LogP contribution in [0.3, 0.4) is 0 Å². The van der Waals surface area contributed by atoms with E-state index >= 15 is 0 Å². The number of β-amino-alcohol motifs (C(OH)–C–C–N with tert-alkyl or cyclic N) is 1. The summed E-state index contributed by atoms with van der Waals surface area (Å²) in [5.74, 6) is 0.213. The van der Waals surface area contributed by atoms with Crippen molar-refractivity contribution in [3.8, 4) is 39.5 Å². The van der Waals surface area contributed by atoms with Crippen molar-refractivity contribution < 1.29 is 52.7 Å². The largest absolute Gasteiger partial charge is 0.508 e. The van der Waals surface area contributed by atoms with Crippen molar-refractivity contribution in [3.05, 3.63) is 108 Å². The topological polar surface area (TPSA) is 189 Å². The second-order valence-corrected chi connectivity index (χ2v) is 17.0. The lowest BCUT2D eigenvalue weighted by Gasteiger charge is -2.35. The van der Waals surface area contributed by atoms with Crippen LogP contribution in [0.15, 0.2) is 91.0 Å². The van der Waals surface area contributed by atoms with Gasteiger partial charge in [0.2, 0.25) is 17.7 Å². The molecule has 1 aliphatic rings. The number of rotatable bonds is 20. The molecule has 0 spiro atoms. The molecule has 2 heterocycles. The zero-order chi connectivity index (χ0) is 44.9. The van der Waals surface area contributed by atoms with Gasteiger partial charge in [-0.2, -0.15) is 5.26 Å². The average Bonchev–Trinajstić information content (AvgIpc) is 3.83. The third kappa shape index (κ3) is 13.0. The fraction of sp³-hybridized carbons (Fsp3) is 0.362. The third-order valence-electron chi connectivity index (χ3n) is 10.1. The smallest absolute Gasteiger partial charge is 0.246 e. The summed E-state index contributed by atoms with van der Waals surface area (Å²) in [5, 5.41) is 35.9. The van der Waals surface area contributed by atoms with Gasteiger partial charge in [0.05, 0.1) is 55.6 Å². The predicted molar refractivity (Wildman–Crippen MR) is 234 cm³/mol. The molecule has 14 nitrogen and oxygen atoms in total. The van der Waals surface area contributed by atoms with Crippen LogP contribution in [-0.4, -0.2) is 104 Å². The number of nitrogens with zero attached hydrogens (tertiary/aromatic N) is 2. The minimum Gasteiger partial charge on any atom is -0.508 e. The number of nitrogens with one attached hydrogen (secondary N) is 2. The summed E-state index contributed by atoms with van der Waals surface area (Å²) in [6.45, 7) is 6.80. The molecule has 4 aromatic carbocycles. The van der Waals surface area contributed by atoms with Gasteiger partial charge in [-0.1, -0.05) is 45.0 Å². The lowest BCUT2D eigenvalue weighted by Crippen LogP contribution is -2.58. The van der Waals surface area contributed by atoms with E-state index in [1.807, 2.05) is 6.07 Å². The van der Waals surface area contributed by atoms with Crippen molar-refractivity contribution in [2.24, 2.45) is 5.41 Å². The number of carbonyl (C=O) groups is 3. The molecule has 3 amide bonds. The summed E-state index contributed by atoms with van der Waals surface area (Å²) >= 11 is 1.45. The van der Waals surface area contributed by atoms with Gasteiger partial charge in [-0.15, -0.1) is 11.3 Å². The van der Waals surface area contributed by atoms with E-state index in [1.54, 1.807) is 99.6 Å². The highest BCUT2D eigenvalue weighted by molar-refractivity contribution is 7.22. The van der Waals surface area contributed by atoms with Gasteiger partial charge in [0.1, 0.15) is 48.4 Å². The summed E-state index contributed by atoms with van der Waals surface area (Å²) in [6.07, 6.45) is -0.829. The Morgan fingerprint density at radius 2 is 1.54 bits per heavy atom. The first kappa shape index (κ1) is 46.4. The van der Waals surface area contributed by atoms with E-state index in [-0.39, 0.29) is 50.9 Å². The van der Waals surface area contributed by atoms with Crippen LogP contribution in [0.2, 0.25) is 0 Å². The Kier molecular flexibility index (Phi) is 16.1. The highest BCUT2D eigenvalue weighted by Crippen LogP contribution is 2.47. The molecule has 1 fully saturated rings. The average molecular weight is 883 g/mol. The van der Waals surface area contributed by atoms with Gasteiger partial charge in [-0.25, -0.2) is 4.39 Å². The molecular formula is C47H51FN4O10S. The highest BCUT2D eigenvalue weighted by Gasteiger charge is 2.44. The molecule has 1 saturated heterocycles.